The van der Waals surface area contributed by atoms with Gasteiger partial charge in [0.25, 0.3) is 0 Å². The lowest BCUT2D eigenvalue weighted by Crippen LogP contribution is -2.55. The van der Waals surface area contributed by atoms with Gasteiger partial charge in [-0.05, 0) is 56.9 Å². The van der Waals surface area contributed by atoms with Crippen LogP contribution >= 0.6 is 0 Å². The lowest BCUT2D eigenvalue weighted by Gasteiger charge is -2.46. The number of hydrogen-bond acceptors (Lipinski definition) is 2. The monoisotopic (exact) mass is 255 g/mol. The Morgan fingerprint density at radius 2 is 1.61 bits per heavy atom. The lowest BCUT2D eigenvalue weighted by atomic mass is 9.69. The second-order valence-electron chi connectivity index (χ2n) is 6.42. The standard InChI is InChI=1S/C16H33NO/c1-7-16(8-2,18-6)15(17-5)14-10-12(3)9-13(4)11-14/h12-15,17H,7-11H2,1-6H3. The second-order valence-corrected chi connectivity index (χ2v) is 6.42. The molecule has 1 rings (SSSR count). The first kappa shape index (κ1) is 16.0. The number of hydrogen-bond donors (Lipinski definition) is 1. The third-order valence-electron chi connectivity index (χ3n) is 5.17. The summed E-state index contributed by atoms with van der Waals surface area (Å²) < 4.78 is 5.95. The van der Waals surface area contributed by atoms with E-state index in [2.05, 4.69) is 40.1 Å². The highest BCUT2D eigenvalue weighted by atomic mass is 16.5. The zero-order valence-corrected chi connectivity index (χ0v) is 13.3. The van der Waals surface area contributed by atoms with Crippen molar-refractivity contribution in [1.82, 2.24) is 5.32 Å². The first-order valence-electron chi connectivity index (χ1n) is 7.75. The molecule has 1 saturated carbocycles. The third-order valence-corrected chi connectivity index (χ3v) is 5.17. The van der Waals surface area contributed by atoms with Crippen LogP contribution in [-0.4, -0.2) is 25.8 Å². The fourth-order valence-electron chi connectivity index (χ4n) is 4.32. The summed E-state index contributed by atoms with van der Waals surface area (Å²) in [7, 11) is 3.99. The highest BCUT2D eigenvalue weighted by molar-refractivity contribution is 4.97. The molecule has 3 unspecified atom stereocenters. The van der Waals surface area contributed by atoms with E-state index in [0.717, 1.165) is 30.6 Å². The van der Waals surface area contributed by atoms with Gasteiger partial charge in [-0.1, -0.05) is 27.7 Å². The van der Waals surface area contributed by atoms with E-state index < -0.39 is 0 Å². The Hall–Kier alpha value is -0.0800. The van der Waals surface area contributed by atoms with E-state index in [4.69, 9.17) is 4.74 Å². The van der Waals surface area contributed by atoms with Gasteiger partial charge in [0.1, 0.15) is 0 Å². The van der Waals surface area contributed by atoms with Crippen molar-refractivity contribution in [2.45, 2.75) is 71.4 Å². The molecule has 2 nitrogen and oxygen atoms in total. The zero-order valence-electron chi connectivity index (χ0n) is 13.3. The zero-order chi connectivity index (χ0) is 13.8. The van der Waals surface area contributed by atoms with Gasteiger partial charge >= 0.3 is 0 Å². The number of rotatable bonds is 6. The number of methoxy groups -OCH3 is 1. The molecule has 0 aliphatic heterocycles. The molecule has 0 amide bonds. The molecule has 0 saturated heterocycles. The van der Waals surface area contributed by atoms with Crippen molar-refractivity contribution < 1.29 is 4.74 Å². The Balaban J connectivity index is 2.86. The van der Waals surface area contributed by atoms with Gasteiger partial charge < -0.3 is 10.1 Å². The molecule has 108 valence electrons. The van der Waals surface area contributed by atoms with Gasteiger partial charge in [-0.25, -0.2) is 0 Å². The predicted octanol–water partition coefficient (Wildman–Crippen LogP) is 3.85. The fourth-order valence-corrected chi connectivity index (χ4v) is 4.32. The van der Waals surface area contributed by atoms with Crippen LogP contribution in [0.15, 0.2) is 0 Å². The largest absolute Gasteiger partial charge is 0.377 e. The van der Waals surface area contributed by atoms with Gasteiger partial charge in [0.15, 0.2) is 0 Å². The smallest absolute Gasteiger partial charge is 0.0828 e. The summed E-state index contributed by atoms with van der Waals surface area (Å²) in [5.41, 5.74) is 0.0101. The van der Waals surface area contributed by atoms with Crippen molar-refractivity contribution in [3.63, 3.8) is 0 Å². The highest BCUT2D eigenvalue weighted by Crippen LogP contribution is 2.40. The van der Waals surface area contributed by atoms with Crippen LogP contribution in [0, 0.1) is 17.8 Å². The SMILES string of the molecule is CCC(CC)(OC)C(NC)C1CC(C)CC(C)C1. The second kappa shape index (κ2) is 6.91. The summed E-state index contributed by atoms with van der Waals surface area (Å²) in [6, 6.07) is 0.489. The third kappa shape index (κ3) is 3.27. The highest BCUT2D eigenvalue weighted by Gasteiger charge is 2.41. The number of likely N-dealkylation sites (N-methyl/N-ethyl adjacent to an activating group) is 1. The molecule has 2 heteroatoms. The summed E-state index contributed by atoms with van der Waals surface area (Å²) in [5.74, 6) is 2.48. The summed E-state index contributed by atoms with van der Waals surface area (Å²) in [6.07, 6.45) is 6.27. The molecule has 1 N–H and O–H groups in total. The summed E-state index contributed by atoms with van der Waals surface area (Å²) in [4.78, 5) is 0. The van der Waals surface area contributed by atoms with E-state index >= 15 is 0 Å². The van der Waals surface area contributed by atoms with E-state index in [9.17, 15) is 0 Å². The van der Waals surface area contributed by atoms with Gasteiger partial charge in [0.2, 0.25) is 0 Å². The van der Waals surface area contributed by atoms with Gasteiger partial charge in [0.05, 0.1) is 5.60 Å². The normalized spacial score (nSPS) is 31.3. The van der Waals surface area contributed by atoms with E-state index in [1.54, 1.807) is 0 Å². The van der Waals surface area contributed by atoms with Crippen molar-refractivity contribution in [3.8, 4) is 0 Å². The average Bonchev–Trinajstić information content (AvgIpc) is 2.35. The van der Waals surface area contributed by atoms with Crippen molar-refractivity contribution >= 4 is 0 Å². The van der Waals surface area contributed by atoms with Crippen LogP contribution in [0.4, 0.5) is 0 Å². The van der Waals surface area contributed by atoms with Gasteiger partial charge in [-0.15, -0.1) is 0 Å². The van der Waals surface area contributed by atoms with Crippen LogP contribution in [0.25, 0.3) is 0 Å². The van der Waals surface area contributed by atoms with E-state index in [1.807, 2.05) is 7.11 Å². The maximum atomic E-state index is 5.95. The minimum atomic E-state index is 0.0101. The van der Waals surface area contributed by atoms with Crippen LogP contribution in [0.3, 0.4) is 0 Å². The van der Waals surface area contributed by atoms with Gasteiger partial charge in [0, 0.05) is 13.2 Å². The minimum absolute atomic E-state index is 0.0101. The van der Waals surface area contributed by atoms with Crippen molar-refractivity contribution in [2.75, 3.05) is 14.2 Å². The molecule has 18 heavy (non-hydrogen) atoms. The molecule has 0 radical (unpaired) electrons. The molecule has 0 aromatic carbocycles. The lowest BCUT2D eigenvalue weighted by molar-refractivity contribution is -0.0697. The molecule has 1 aliphatic carbocycles. The van der Waals surface area contributed by atoms with E-state index in [-0.39, 0.29) is 5.60 Å². The van der Waals surface area contributed by atoms with Crippen LogP contribution < -0.4 is 5.32 Å². The Morgan fingerprint density at radius 1 is 1.11 bits per heavy atom. The molecule has 3 atom stereocenters. The molecule has 0 spiro atoms. The van der Waals surface area contributed by atoms with Gasteiger partial charge in [-0.3, -0.25) is 0 Å². The summed E-state index contributed by atoms with van der Waals surface area (Å²) in [6.45, 7) is 9.32. The summed E-state index contributed by atoms with van der Waals surface area (Å²) >= 11 is 0. The molecule has 1 fully saturated rings. The van der Waals surface area contributed by atoms with E-state index in [0.29, 0.717) is 6.04 Å². The first-order valence-corrected chi connectivity index (χ1v) is 7.75. The molecular formula is C16H33NO. The number of ether oxygens (including phenoxy) is 1. The molecule has 0 bridgehead atoms. The maximum Gasteiger partial charge on any atom is 0.0828 e. The first-order chi connectivity index (χ1) is 8.52. The average molecular weight is 255 g/mol. The Kier molecular flexibility index (Phi) is 6.13. The van der Waals surface area contributed by atoms with Crippen LogP contribution in [0.1, 0.15) is 59.8 Å². The van der Waals surface area contributed by atoms with E-state index in [1.165, 1.54) is 19.3 Å². The van der Waals surface area contributed by atoms with Crippen LogP contribution in [0.5, 0.6) is 0 Å². The molecule has 0 aromatic heterocycles. The quantitative estimate of drug-likeness (QED) is 0.778. The molecule has 0 heterocycles. The minimum Gasteiger partial charge on any atom is -0.377 e. The summed E-state index contributed by atoms with van der Waals surface area (Å²) in [5, 5.41) is 3.58. The van der Waals surface area contributed by atoms with Crippen molar-refractivity contribution in [1.29, 1.82) is 0 Å². The Labute approximate surface area is 114 Å². The molecular weight excluding hydrogens is 222 g/mol. The van der Waals surface area contributed by atoms with Crippen LogP contribution in [-0.2, 0) is 4.74 Å². The predicted molar refractivity (Wildman–Crippen MR) is 78.8 cm³/mol. The molecule has 0 aromatic rings. The molecule has 1 aliphatic rings. The van der Waals surface area contributed by atoms with Crippen LogP contribution in [0.2, 0.25) is 0 Å². The van der Waals surface area contributed by atoms with Crippen molar-refractivity contribution in [3.05, 3.63) is 0 Å². The Bertz CT molecular complexity index is 219. The number of nitrogens with one attached hydrogen (secondary N) is 1. The fraction of sp³-hybridized carbons (Fsp3) is 1.00. The maximum absolute atomic E-state index is 5.95. The van der Waals surface area contributed by atoms with Gasteiger partial charge in [-0.2, -0.15) is 0 Å². The van der Waals surface area contributed by atoms with Crippen molar-refractivity contribution in [2.24, 2.45) is 17.8 Å². The topological polar surface area (TPSA) is 21.3 Å². The Morgan fingerprint density at radius 3 is 1.94 bits per heavy atom.